The van der Waals surface area contributed by atoms with Crippen LogP contribution in [0.25, 0.3) is 0 Å². The van der Waals surface area contributed by atoms with Crippen LogP contribution in [0.1, 0.15) is 45.7 Å². The number of nitrogens with zero attached hydrogens (tertiary/aromatic N) is 1. The summed E-state index contributed by atoms with van der Waals surface area (Å²) in [5.41, 5.74) is 2.73. The molecule has 0 radical (unpaired) electrons. The maximum absolute atomic E-state index is 4.74. The van der Waals surface area contributed by atoms with Crippen LogP contribution in [0, 0.1) is 6.92 Å². The lowest BCUT2D eigenvalue weighted by Gasteiger charge is -2.26. The molecule has 1 rings (SSSR count). The fourth-order valence-electron chi connectivity index (χ4n) is 2.29. The van der Waals surface area contributed by atoms with Gasteiger partial charge in [-0.15, -0.1) is 0 Å². The Morgan fingerprint density at radius 1 is 1.25 bits per heavy atom. The molecule has 1 aromatic carbocycles. The first-order valence-electron chi connectivity index (χ1n) is 7.47. The van der Waals surface area contributed by atoms with Crippen molar-refractivity contribution in [3.8, 4) is 0 Å². The van der Waals surface area contributed by atoms with Gasteiger partial charge < -0.3 is 10.6 Å². The zero-order valence-corrected chi connectivity index (χ0v) is 13.7. The van der Waals surface area contributed by atoms with E-state index < -0.39 is 0 Å². The summed E-state index contributed by atoms with van der Waals surface area (Å²) in [4.78, 5) is 4.74. The standard InChI is InChI=1S/C17H29N3/c1-7-18-16(20-13(2)3)19-12-17(5,6)15-11-9-8-10-14(15)4/h8-11,13H,7,12H2,1-6H3,(H2,18,19,20). The second-order valence-electron chi connectivity index (χ2n) is 6.19. The first-order valence-corrected chi connectivity index (χ1v) is 7.47. The van der Waals surface area contributed by atoms with Gasteiger partial charge in [-0.05, 0) is 38.8 Å². The van der Waals surface area contributed by atoms with Gasteiger partial charge in [-0.2, -0.15) is 0 Å². The Hall–Kier alpha value is -1.51. The summed E-state index contributed by atoms with van der Waals surface area (Å²) >= 11 is 0. The molecule has 0 aliphatic carbocycles. The summed E-state index contributed by atoms with van der Waals surface area (Å²) < 4.78 is 0. The van der Waals surface area contributed by atoms with Gasteiger partial charge in [-0.3, -0.25) is 4.99 Å². The van der Waals surface area contributed by atoms with Crippen LogP contribution in [-0.4, -0.2) is 25.1 Å². The highest BCUT2D eigenvalue weighted by molar-refractivity contribution is 5.80. The average molecular weight is 275 g/mol. The fraction of sp³-hybridized carbons (Fsp3) is 0.588. The Balaban J connectivity index is 2.86. The minimum atomic E-state index is 0.0324. The molecule has 3 heteroatoms. The summed E-state index contributed by atoms with van der Waals surface area (Å²) in [7, 11) is 0. The van der Waals surface area contributed by atoms with E-state index in [4.69, 9.17) is 4.99 Å². The molecule has 0 atom stereocenters. The Morgan fingerprint density at radius 3 is 2.45 bits per heavy atom. The third-order valence-corrected chi connectivity index (χ3v) is 3.28. The number of rotatable bonds is 5. The zero-order valence-electron chi connectivity index (χ0n) is 13.7. The Bertz CT molecular complexity index is 447. The van der Waals surface area contributed by atoms with Crippen LogP contribution >= 0.6 is 0 Å². The van der Waals surface area contributed by atoms with Gasteiger partial charge in [0.15, 0.2) is 5.96 Å². The molecule has 0 spiro atoms. The Kier molecular flexibility index (Phi) is 6.05. The fourth-order valence-corrected chi connectivity index (χ4v) is 2.29. The summed E-state index contributed by atoms with van der Waals surface area (Å²) in [6, 6.07) is 8.94. The normalized spacial score (nSPS) is 12.7. The Morgan fingerprint density at radius 2 is 1.90 bits per heavy atom. The smallest absolute Gasteiger partial charge is 0.191 e. The van der Waals surface area contributed by atoms with Crippen molar-refractivity contribution in [2.45, 2.75) is 53.0 Å². The topological polar surface area (TPSA) is 36.4 Å². The molecule has 112 valence electrons. The van der Waals surface area contributed by atoms with Crippen molar-refractivity contribution >= 4 is 5.96 Å². The molecule has 0 aliphatic rings. The number of aliphatic imine (C=N–C) groups is 1. The number of hydrogen-bond acceptors (Lipinski definition) is 1. The van der Waals surface area contributed by atoms with E-state index >= 15 is 0 Å². The average Bonchev–Trinajstić information content (AvgIpc) is 2.36. The van der Waals surface area contributed by atoms with E-state index in [1.165, 1.54) is 11.1 Å². The number of guanidine groups is 1. The molecular weight excluding hydrogens is 246 g/mol. The maximum atomic E-state index is 4.74. The monoisotopic (exact) mass is 275 g/mol. The molecule has 0 bridgehead atoms. The summed E-state index contributed by atoms with van der Waals surface area (Å²) in [5.74, 6) is 0.893. The molecule has 0 aliphatic heterocycles. The molecule has 0 fully saturated rings. The summed E-state index contributed by atoms with van der Waals surface area (Å²) in [6.07, 6.45) is 0. The van der Waals surface area contributed by atoms with Crippen molar-refractivity contribution < 1.29 is 0 Å². The van der Waals surface area contributed by atoms with Gasteiger partial charge >= 0.3 is 0 Å². The van der Waals surface area contributed by atoms with E-state index in [2.05, 4.69) is 76.4 Å². The lowest BCUT2D eigenvalue weighted by Crippen LogP contribution is -2.41. The van der Waals surface area contributed by atoms with Crippen molar-refractivity contribution in [3.05, 3.63) is 35.4 Å². The van der Waals surface area contributed by atoms with Crippen LogP contribution < -0.4 is 10.6 Å². The molecule has 0 aromatic heterocycles. The second-order valence-corrected chi connectivity index (χ2v) is 6.19. The molecule has 20 heavy (non-hydrogen) atoms. The first-order chi connectivity index (χ1) is 9.36. The third-order valence-electron chi connectivity index (χ3n) is 3.28. The molecule has 0 saturated heterocycles. The summed E-state index contributed by atoms with van der Waals surface area (Å²) in [5, 5.41) is 6.65. The minimum absolute atomic E-state index is 0.0324. The molecule has 0 amide bonds. The van der Waals surface area contributed by atoms with Crippen LogP contribution in [-0.2, 0) is 5.41 Å². The van der Waals surface area contributed by atoms with E-state index in [9.17, 15) is 0 Å². The highest BCUT2D eigenvalue weighted by atomic mass is 15.2. The number of hydrogen-bond donors (Lipinski definition) is 2. The van der Waals surface area contributed by atoms with E-state index in [1.807, 2.05) is 0 Å². The predicted molar refractivity (Wildman–Crippen MR) is 88.5 cm³/mol. The number of aryl methyl sites for hydroxylation is 1. The highest BCUT2D eigenvalue weighted by Crippen LogP contribution is 2.26. The van der Waals surface area contributed by atoms with Crippen molar-refractivity contribution in [2.75, 3.05) is 13.1 Å². The largest absolute Gasteiger partial charge is 0.357 e. The van der Waals surface area contributed by atoms with Gasteiger partial charge in [-0.1, -0.05) is 38.1 Å². The van der Waals surface area contributed by atoms with Crippen molar-refractivity contribution in [2.24, 2.45) is 4.99 Å². The van der Waals surface area contributed by atoms with Crippen LogP contribution in [0.4, 0.5) is 0 Å². The molecular formula is C17H29N3. The van der Waals surface area contributed by atoms with E-state index in [1.54, 1.807) is 0 Å². The van der Waals surface area contributed by atoms with Crippen LogP contribution in [0.3, 0.4) is 0 Å². The highest BCUT2D eigenvalue weighted by Gasteiger charge is 2.22. The second kappa shape index (κ2) is 7.32. The lowest BCUT2D eigenvalue weighted by molar-refractivity contribution is 0.533. The number of benzene rings is 1. The predicted octanol–water partition coefficient (Wildman–Crippen LogP) is 3.24. The lowest BCUT2D eigenvalue weighted by atomic mass is 9.82. The summed E-state index contributed by atoms with van der Waals surface area (Å²) in [6.45, 7) is 14.6. The van der Waals surface area contributed by atoms with Gasteiger partial charge in [0.2, 0.25) is 0 Å². The minimum Gasteiger partial charge on any atom is -0.357 e. The first kappa shape index (κ1) is 16.5. The molecule has 2 N–H and O–H groups in total. The zero-order chi connectivity index (χ0) is 15.2. The SMILES string of the molecule is CCNC(=NCC(C)(C)c1ccccc1C)NC(C)C. The van der Waals surface area contributed by atoms with Gasteiger partial charge in [0, 0.05) is 18.0 Å². The van der Waals surface area contributed by atoms with Gasteiger partial charge in [0.1, 0.15) is 0 Å². The van der Waals surface area contributed by atoms with E-state index in [0.717, 1.165) is 19.0 Å². The van der Waals surface area contributed by atoms with Crippen molar-refractivity contribution in [1.82, 2.24) is 10.6 Å². The molecule has 3 nitrogen and oxygen atoms in total. The maximum Gasteiger partial charge on any atom is 0.191 e. The molecule has 0 unspecified atom stereocenters. The third kappa shape index (κ3) is 4.87. The van der Waals surface area contributed by atoms with Gasteiger partial charge in [0.05, 0.1) is 6.54 Å². The van der Waals surface area contributed by atoms with Crippen molar-refractivity contribution in [3.63, 3.8) is 0 Å². The van der Waals surface area contributed by atoms with Crippen LogP contribution in [0.2, 0.25) is 0 Å². The van der Waals surface area contributed by atoms with E-state index in [-0.39, 0.29) is 5.41 Å². The van der Waals surface area contributed by atoms with Crippen LogP contribution in [0.5, 0.6) is 0 Å². The molecule has 1 aromatic rings. The van der Waals surface area contributed by atoms with Crippen molar-refractivity contribution in [1.29, 1.82) is 0 Å². The molecule has 0 saturated carbocycles. The van der Waals surface area contributed by atoms with Crippen LogP contribution in [0.15, 0.2) is 29.3 Å². The number of nitrogens with one attached hydrogen (secondary N) is 2. The van der Waals surface area contributed by atoms with Gasteiger partial charge in [0.25, 0.3) is 0 Å². The quantitative estimate of drug-likeness (QED) is 0.639. The Labute approximate surface area is 123 Å². The van der Waals surface area contributed by atoms with E-state index in [0.29, 0.717) is 6.04 Å². The molecule has 0 heterocycles. The van der Waals surface area contributed by atoms with Gasteiger partial charge in [-0.25, -0.2) is 0 Å².